The highest BCUT2D eigenvalue weighted by atomic mass is 32.1. The first-order chi connectivity index (χ1) is 9.51. The van der Waals surface area contributed by atoms with Gasteiger partial charge in [-0.25, -0.2) is 4.39 Å². The summed E-state index contributed by atoms with van der Waals surface area (Å²) in [7, 11) is 0. The number of carbonyl (C=O) groups excluding carboxylic acids is 1. The van der Waals surface area contributed by atoms with Crippen LogP contribution in [0, 0.1) is 5.82 Å². The summed E-state index contributed by atoms with van der Waals surface area (Å²) < 4.78 is 51.0. The lowest BCUT2D eigenvalue weighted by atomic mass is 9.98. The fourth-order valence-electron chi connectivity index (χ4n) is 1.53. The molecule has 0 aromatic heterocycles. The summed E-state index contributed by atoms with van der Waals surface area (Å²) in [5.74, 6) is -2.25. The lowest BCUT2D eigenvalue weighted by Gasteiger charge is -2.28. The van der Waals surface area contributed by atoms with Gasteiger partial charge in [0, 0.05) is 5.56 Å². The first-order valence-electron chi connectivity index (χ1n) is 6.00. The minimum Gasteiger partial charge on any atom is -0.391 e. The standard InChI is InChI=1S/C13H14F4N2OS/c1-3-12(2,11(18)21)19-10(20)7-4-5-9(14)8(6-7)13(15,16)17/h4-6H,3H2,1-2H3,(H2,18,21)(H,19,20). The Bertz CT molecular complexity index is 574. The Morgan fingerprint density at radius 1 is 1.38 bits per heavy atom. The molecule has 0 spiro atoms. The van der Waals surface area contributed by atoms with E-state index < -0.39 is 29.0 Å². The zero-order valence-electron chi connectivity index (χ0n) is 11.3. The van der Waals surface area contributed by atoms with E-state index in [0.717, 1.165) is 6.07 Å². The molecule has 1 aromatic carbocycles. The summed E-state index contributed by atoms with van der Waals surface area (Å²) >= 11 is 4.83. The molecule has 0 fully saturated rings. The van der Waals surface area contributed by atoms with E-state index >= 15 is 0 Å². The number of nitrogens with one attached hydrogen (secondary N) is 1. The summed E-state index contributed by atoms with van der Waals surface area (Å²) in [4.78, 5) is 12.0. The third-order valence-electron chi connectivity index (χ3n) is 3.17. The van der Waals surface area contributed by atoms with E-state index in [1.807, 2.05) is 0 Å². The van der Waals surface area contributed by atoms with Gasteiger partial charge in [-0.2, -0.15) is 13.2 Å². The van der Waals surface area contributed by atoms with Crippen LogP contribution in [-0.4, -0.2) is 16.4 Å². The maximum Gasteiger partial charge on any atom is 0.419 e. The van der Waals surface area contributed by atoms with Crippen molar-refractivity contribution in [2.45, 2.75) is 32.0 Å². The smallest absolute Gasteiger partial charge is 0.391 e. The number of amides is 1. The highest BCUT2D eigenvalue weighted by molar-refractivity contribution is 7.80. The predicted molar refractivity (Wildman–Crippen MR) is 74.3 cm³/mol. The predicted octanol–water partition coefficient (Wildman–Crippen LogP) is 3.03. The molecule has 0 aliphatic heterocycles. The van der Waals surface area contributed by atoms with Gasteiger partial charge in [0.25, 0.3) is 5.91 Å². The Balaban J connectivity index is 3.12. The molecule has 0 saturated heterocycles. The Morgan fingerprint density at radius 3 is 2.38 bits per heavy atom. The molecule has 116 valence electrons. The molecule has 1 rings (SSSR count). The molecule has 8 heteroatoms. The van der Waals surface area contributed by atoms with Crippen molar-refractivity contribution in [3.8, 4) is 0 Å². The van der Waals surface area contributed by atoms with E-state index in [1.165, 1.54) is 0 Å². The zero-order valence-corrected chi connectivity index (χ0v) is 12.2. The van der Waals surface area contributed by atoms with Gasteiger partial charge in [0.15, 0.2) is 0 Å². The molecule has 1 amide bonds. The minimum absolute atomic E-state index is 0.0107. The number of hydrogen-bond donors (Lipinski definition) is 2. The lowest BCUT2D eigenvalue weighted by Crippen LogP contribution is -2.54. The van der Waals surface area contributed by atoms with E-state index in [2.05, 4.69) is 5.32 Å². The van der Waals surface area contributed by atoms with Crippen LogP contribution < -0.4 is 11.1 Å². The minimum atomic E-state index is -4.88. The van der Waals surface area contributed by atoms with Crippen LogP contribution in [0.2, 0.25) is 0 Å². The Kier molecular flexibility index (Phi) is 4.93. The molecule has 21 heavy (non-hydrogen) atoms. The van der Waals surface area contributed by atoms with E-state index in [-0.39, 0.29) is 10.6 Å². The molecule has 1 unspecified atom stereocenters. The molecule has 0 aliphatic carbocycles. The summed E-state index contributed by atoms with van der Waals surface area (Å²) in [6.45, 7) is 3.27. The third-order valence-corrected chi connectivity index (χ3v) is 3.62. The van der Waals surface area contributed by atoms with Gasteiger partial charge in [0.2, 0.25) is 0 Å². The molecule has 0 saturated carbocycles. The maximum atomic E-state index is 13.2. The van der Waals surface area contributed by atoms with Crippen LogP contribution in [0.15, 0.2) is 18.2 Å². The number of nitrogens with two attached hydrogens (primary N) is 1. The number of halogens is 4. The molecule has 1 atom stereocenters. The van der Waals surface area contributed by atoms with Crippen LogP contribution >= 0.6 is 12.2 Å². The number of hydrogen-bond acceptors (Lipinski definition) is 2. The van der Waals surface area contributed by atoms with E-state index in [9.17, 15) is 22.4 Å². The lowest BCUT2D eigenvalue weighted by molar-refractivity contribution is -0.140. The fraction of sp³-hybridized carbons (Fsp3) is 0.385. The second-order valence-corrected chi connectivity index (χ2v) is 5.14. The SMILES string of the molecule is CCC(C)(NC(=O)c1ccc(F)c(C(F)(F)F)c1)C(N)=S. The quantitative estimate of drug-likeness (QED) is 0.662. The molecule has 3 N–H and O–H groups in total. The summed E-state index contributed by atoms with van der Waals surface area (Å²) in [5.41, 5.74) is 2.66. The Morgan fingerprint density at radius 2 is 1.95 bits per heavy atom. The van der Waals surface area contributed by atoms with Gasteiger partial charge in [0.1, 0.15) is 5.82 Å². The van der Waals surface area contributed by atoms with E-state index in [0.29, 0.717) is 18.6 Å². The van der Waals surface area contributed by atoms with E-state index in [1.54, 1.807) is 13.8 Å². The molecular weight excluding hydrogens is 308 g/mol. The van der Waals surface area contributed by atoms with Crippen molar-refractivity contribution in [3.05, 3.63) is 35.1 Å². The van der Waals surface area contributed by atoms with Crippen LogP contribution in [0.4, 0.5) is 17.6 Å². The van der Waals surface area contributed by atoms with Gasteiger partial charge in [0.05, 0.1) is 16.1 Å². The zero-order chi connectivity index (χ0) is 16.4. The van der Waals surface area contributed by atoms with Crippen molar-refractivity contribution >= 4 is 23.1 Å². The van der Waals surface area contributed by atoms with Gasteiger partial charge >= 0.3 is 6.18 Å². The van der Waals surface area contributed by atoms with Crippen LogP contribution in [0.3, 0.4) is 0 Å². The van der Waals surface area contributed by atoms with Crippen molar-refractivity contribution in [2.75, 3.05) is 0 Å². The molecule has 0 aliphatic rings. The third kappa shape index (κ3) is 3.90. The Labute approximate surface area is 124 Å². The average molecular weight is 322 g/mol. The van der Waals surface area contributed by atoms with E-state index in [4.69, 9.17) is 18.0 Å². The topological polar surface area (TPSA) is 55.1 Å². The van der Waals surface area contributed by atoms with Crippen LogP contribution in [0.1, 0.15) is 36.2 Å². The van der Waals surface area contributed by atoms with Crippen molar-refractivity contribution in [3.63, 3.8) is 0 Å². The average Bonchev–Trinajstić information content (AvgIpc) is 2.37. The normalized spacial score (nSPS) is 14.4. The Hall–Kier alpha value is -1.70. The molecule has 0 heterocycles. The molecule has 3 nitrogen and oxygen atoms in total. The molecule has 1 aromatic rings. The van der Waals surface area contributed by atoms with Crippen molar-refractivity contribution in [1.82, 2.24) is 5.32 Å². The summed E-state index contributed by atoms with van der Waals surface area (Å²) in [6, 6.07) is 2.03. The van der Waals surface area contributed by atoms with Gasteiger partial charge in [-0.05, 0) is 31.5 Å². The number of benzene rings is 1. The molecule has 0 radical (unpaired) electrons. The number of alkyl halides is 3. The second-order valence-electron chi connectivity index (χ2n) is 4.70. The van der Waals surface area contributed by atoms with Crippen molar-refractivity contribution in [1.29, 1.82) is 0 Å². The molecule has 0 bridgehead atoms. The maximum absolute atomic E-state index is 13.2. The number of rotatable bonds is 4. The van der Waals surface area contributed by atoms with Crippen molar-refractivity contribution in [2.24, 2.45) is 5.73 Å². The van der Waals surface area contributed by atoms with Crippen LogP contribution in [0.5, 0.6) is 0 Å². The van der Waals surface area contributed by atoms with Gasteiger partial charge in [-0.1, -0.05) is 19.1 Å². The largest absolute Gasteiger partial charge is 0.419 e. The van der Waals surface area contributed by atoms with Crippen LogP contribution in [0.25, 0.3) is 0 Å². The van der Waals surface area contributed by atoms with Crippen LogP contribution in [-0.2, 0) is 6.18 Å². The van der Waals surface area contributed by atoms with Crippen molar-refractivity contribution < 1.29 is 22.4 Å². The monoisotopic (exact) mass is 322 g/mol. The molecular formula is C13H14F4N2OS. The van der Waals surface area contributed by atoms with Gasteiger partial charge in [-0.15, -0.1) is 0 Å². The van der Waals surface area contributed by atoms with Gasteiger partial charge in [-0.3, -0.25) is 4.79 Å². The summed E-state index contributed by atoms with van der Waals surface area (Å²) in [6.07, 6.45) is -4.51. The number of thiocarbonyl (C=S) groups is 1. The highest BCUT2D eigenvalue weighted by Gasteiger charge is 2.35. The summed E-state index contributed by atoms with van der Waals surface area (Å²) in [5, 5.41) is 2.46. The second kappa shape index (κ2) is 5.97. The number of carbonyl (C=O) groups is 1. The first kappa shape index (κ1) is 17.4. The first-order valence-corrected chi connectivity index (χ1v) is 6.41. The fourth-order valence-corrected chi connectivity index (χ4v) is 1.73. The highest BCUT2D eigenvalue weighted by Crippen LogP contribution is 2.32. The van der Waals surface area contributed by atoms with Gasteiger partial charge < -0.3 is 11.1 Å².